The van der Waals surface area contributed by atoms with Gasteiger partial charge in [-0.1, -0.05) is 0 Å². The zero-order valence-electron chi connectivity index (χ0n) is 19.4. The van der Waals surface area contributed by atoms with Gasteiger partial charge >= 0.3 is 6.36 Å². The number of amides is 2. The third-order valence-corrected chi connectivity index (χ3v) is 5.05. The first-order chi connectivity index (χ1) is 18.3. The number of pyridine rings is 1. The topological polar surface area (TPSA) is 131 Å². The number of rotatable bonds is 8. The number of hydrogen-bond donors (Lipinski definition) is 5. The van der Waals surface area contributed by atoms with Crippen molar-refractivity contribution in [3.05, 3.63) is 59.9 Å². The molecule has 0 spiro atoms. The van der Waals surface area contributed by atoms with Gasteiger partial charge in [0.05, 0.1) is 17.4 Å². The number of halogens is 3. The first-order valence-corrected chi connectivity index (χ1v) is 12.1. The van der Waals surface area contributed by atoms with Crippen LogP contribution in [0, 0.1) is 0 Å². The smallest absolute Gasteiger partial charge is 0.486 e. The Morgan fingerprint density at radius 3 is 2.21 bits per heavy atom. The van der Waals surface area contributed by atoms with Crippen LogP contribution in [-0.2, 0) is 0 Å². The molecule has 4 rings (SSSR count). The summed E-state index contributed by atoms with van der Waals surface area (Å²) in [5.74, 6) is -2.02. The Morgan fingerprint density at radius 1 is 0.923 bits per heavy atom. The maximum Gasteiger partial charge on any atom is 0.573 e. The van der Waals surface area contributed by atoms with E-state index in [2.05, 4.69) is 52.9 Å². The van der Waals surface area contributed by atoms with Crippen LogP contribution >= 0.6 is 37.9 Å². The minimum absolute atomic E-state index is 0.00419. The van der Waals surface area contributed by atoms with E-state index in [-0.39, 0.29) is 58.9 Å². The molecule has 39 heavy (non-hydrogen) atoms. The van der Waals surface area contributed by atoms with Gasteiger partial charge in [0.1, 0.15) is 30.4 Å². The van der Waals surface area contributed by atoms with Gasteiger partial charge in [-0.15, -0.1) is 51.1 Å². The van der Waals surface area contributed by atoms with Crippen molar-refractivity contribution in [1.82, 2.24) is 4.98 Å². The molecular weight excluding hydrogens is 583 g/mol. The fraction of sp³-hybridized carbons (Fsp3) is 0.174. The van der Waals surface area contributed by atoms with Crippen LogP contribution in [0.25, 0.3) is 0 Å². The number of nitrogens with one attached hydrogen (secondary N) is 1. The van der Waals surface area contributed by atoms with E-state index >= 15 is 0 Å². The number of carbonyl (C=O) groups is 2. The summed E-state index contributed by atoms with van der Waals surface area (Å²) in [6, 6.07) is 8.48. The highest BCUT2D eigenvalue weighted by atomic mass is 32.2. The molecule has 0 saturated carbocycles. The SMILES string of the molecule is NC(=O)c1ccc(NC(=O)c2cc3c(cc2Oc2ccc(OC(F)(F)F)cc2OC(S)(S)S)OCCO3)cn1. The Hall–Kier alpha value is -3.63. The first-order valence-electron chi connectivity index (χ1n) is 10.7. The number of nitrogens with two attached hydrogens (primary N) is 1. The average molecular weight is 602 g/mol. The Morgan fingerprint density at radius 2 is 1.62 bits per heavy atom. The summed E-state index contributed by atoms with van der Waals surface area (Å²) >= 11 is 12.0. The van der Waals surface area contributed by atoms with Gasteiger partial charge in [-0.3, -0.25) is 9.59 Å². The molecule has 0 bridgehead atoms. The van der Waals surface area contributed by atoms with Crippen LogP contribution in [0.2, 0.25) is 0 Å². The predicted molar refractivity (Wildman–Crippen MR) is 142 cm³/mol. The van der Waals surface area contributed by atoms with Gasteiger partial charge in [0.15, 0.2) is 23.0 Å². The van der Waals surface area contributed by atoms with E-state index in [4.69, 9.17) is 24.7 Å². The zero-order valence-corrected chi connectivity index (χ0v) is 22.1. The van der Waals surface area contributed by atoms with Crippen LogP contribution in [0.15, 0.2) is 48.7 Å². The third kappa shape index (κ3) is 7.70. The summed E-state index contributed by atoms with van der Waals surface area (Å²) in [5.41, 5.74) is 5.36. The third-order valence-electron chi connectivity index (χ3n) is 4.78. The number of aromatic nitrogens is 1. The van der Waals surface area contributed by atoms with Gasteiger partial charge in [0.25, 0.3) is 11.8 Å². The summed E-state index contributed by atoms with van der Waals surface area (Å²) in [5, 5.41) is 2.60. The van der Waals surface area contributed by atoms with Crippen LogP contribution < -0.4 is 34.7 Å². The number of primary amides is 1. The van der Waals surface area contributed by atoms with Crippen LogP contribution in [0.4, 0.5) is 18.9 Å². The Kier molecular flexibility index (Phi) is 8.17. The molecule has 2 heterocycles. The number of ether oxygens (including phenoxy) is 5. The molecule has 206 valence electrons. The van der Waals surface area contributed by atoms with Gasteiger partial charge < -0.3 is 34.7 Å². The van der Waals surface area contributed by atoms with Crippen molar-refractivity contribution < 1.29 is 46.4 Å². The van der Waals surface area contributed by atoms with Crippen LogP contribution in [0.1, 0.15) is 20.8 Å². The van der Waals surface area contributed by atoms with Crippen molar-refractivity contribution in [2.75, 3.05) is 18.5 Å². The van der Waals surface area contributed by atoms with Gasteiger partial charge in [-0.25, -0.2) is 4.98 Å². The van der Waals surface area contributed by atoms with Crippen LogP contribution in [-0.4, -0.2) is 40.0 Å². The van der Waals surface area contributed by atoms with Gasteiger partial charge in [0, 0.05) is 18.2 Å². The van der Waals surface area contributed by atoms with E-state index in [0.29, 0.717) is 0 Å². The van der Waals surface area contributed by atoms with Crippen molar-refractivity contribution in [2.24, 2.45) is 5.73 Å². The lowest BCUT2D eigenvalue weighted by atomic mass is 10.1. The number of hydrogen-bond acceptors (Lipinski definition) is 11. The van der Waals surface area contributed by atoms with Gasteiger partial charge in [-0.05, 0) is 24.3 Å². The minimum atomic E-state index is -4.97. The lowest BCUT2D eigenvalue weighted by molar-refractivity contribution is -0.274. The second-order valence-electron chi connectivity index (χ2n) is 7.68. The molecule has 1 aliphatic heterocycles. The highest BCUT2D eigenvalue weighted by Crippen LogP contribution is 2.44. The number of carbonyl (C=O) groups excluding carboxylic acids is 2. The van der Waals surface area contributed by atoms with Crippen molar-refractivity contribution >= 4 is 55.4 Å². The summed E-state index contributed by atoms with van der Waals surface area (Å²) in [6.45, 7) is 0.467. The number of benzene rings is 2. The molecule has 1 aromatic heterocycles. The van der Waals surface area contributed by atoms with Crippen molar-refractivity contribution in [3.8, 4) is 34.5 Å². The molecule has 0 saturated heterocycles. The highest BCUT2D eigenvalue weighted by Gasteiger charge is 2.32. The number of fused-ring (bicyclic) bond motifs is 1. The molecule has 2 aromatic carbocycles. The van der Waals surface area contributed by atoms with Gasteiger partial charge in [0.2, 0.25) is 3.60 Å². The summed E-state index contributed by atoms with van der Waals surface area (Å²) in [7, 11) is 0. The maximum atomic E-state index is 13.2. The quantitative estimate of drug-likeness (QED) is 0.186. The fourth-order valence-corrected chi connectivity index (χ4v) is 3.55. The minimum Gasteiger partial charge on any atom is -0.486 e. The van der Waals surface area contributed by atoms with E-state index in [1.165, 1.54) is 30.5 Å². The van der Waals surface area contributed by atoms with Crippen LogP contribution in [0.3, 0.4) is 0 Å². The molecule has 0 unspecified atom stereocenters. The zero-order chi connectivity index (χ0) is 28.4. The standard InChI is InChI=1S/C23H18F3N3O7S3/c24-22(25,26)35-12-2-4-15(19(7-12)36-23(37,38)39)34-16-9-18-17(32-5-6-33-18)8-13(16)21(31)29-11-1-3-14(20(27)30)28-10-11/h1-4,7-10,37-39H,5-6H2,(H2,27,30)(H,29,31). The second-order valence-corrected chi connectivity index (χ2v) is 10.6. The molecule has 16 heteroatoms. The average Bonchev–Trinajstić information content (AvgIpc) is 2.83. The number of nitrogens with zero attached hydrogens (tertiary/aromatic N) is 1. The monoisotopic (exact) mass is 601 g/mol. The van der Waals surface area contributed by atoms with E-state index in [9.17, 15) is 22.8 Å². The number of anilines is 1. The molecule has 0 atom stereocenters. The summed E-state index contributed by atoms with van der Waals surface area (Å²) in [4.78, 5) is 28.4. The number of thiol groups is 3. The Bertz CT molecular complexity index is 1400. The van der Waals surface area contributed by atoms with Crippen LogP contribution in [0.5, 0.6) is 34.5 Å². The maximum absolute atomic E-state index is 13.2. The highest BCUT2D eigenvalue weighted by molar-refractivity contribution is 8.16. The molecule has 0 aliphatic carbocycles. The Labute approximate surface area is 235 Å². The van der Waals surface area contributed by atoms with E-state index in [0.717, 1.165) is 18.2 Å². The lowest BCUT2D eigenvalue weighted by Gasteiger charge is -2.23. The molecule has 10 nitrogen and oxygen atoms in total. The predicted octanol–water partition coefficient (Wildman–Crippen LogP) is 4.67. The molecule has 3 aromatic rings. The van der Waals surface area contributed by atoms with E-state index in [1.807, 2.05) is 0 Å². The van der Waals surface area contributed by atoms with Crippen molar-refractivity contribution in [1.29, 1.82) is 0 Å². The summed E-state index contributed by atoms with van der Waals surface area (Å²) < 4.78 is 63.0. The molecule has 2 amide bonds. The van der Waals surface area contributed by atoms with E-state index in [1.54, 1.807) is 0 Å². The molecular formula is C23H18F3N3O7S3. The molecule has 0 radical (unpaired) electrons. The van der Waals surface area contributed by atoms with Crippen molar-refractivity contribution in [3.63, 3.8) is 0 Å². The second kappa shape index (κ2) is 11.2. The first kappa shape index (κ1) is 28.4. The molecule has 3 N–H and O–H groups in total. The largest absolute Gasteiger partial charge is 0.573 e. The summed E-state index contributed by atoms with van der Waals surface area (Å²) in [6.07, 6.45) is -3.74. The van der Waals surface area contributed by atoms with Crippen molar-refractivity contribution in [2.45, 2.75) is 9.96 Å². The van der Waals surface area contributed by atoms with Gasteiger partial charge in [-0.2, -0.15) is 0 Å². The molecule has 1 aliphatic rings. The van der Waals surface area contributed by atoms with E-state index < -0.39 is 27.5 Å². The lowest BCUT2D eigenvalue weighted by Crippen LogP contribution is -2.19. The Balaban J connectivity index is 1.71. The fourth-order valence-electron chi connectivity index (χ4n) is 3.26. The number of alkyl halides is 3. The normalized spacial score (nSPS) is 12.9. The molecule has 0 fully saturated rings.